The number of hydrogen-bond donors (Lipinski definition) is 2. The van der Waals surface area contributed by atoms with E-state index in [1.54, 1.807) is 0 Å². The standard InChI is InChI=1S/C28H28N2O/c31-28(23-14-12-20-7-1-2-9-22(20)17-23)29-16-6-5-10-25-18-27-24(19-30-25)15-13-21-8-3-4-11-26(21)27/h1-4,7-9,11-15,17,25,30H,5-6,10,16,18-19H2,(H,29,31). The molecule has 1 aliphatic heterocycles. The van der Waals surface area contributed by atoms with Crippen LogP contribution in [0.4, 0.5) is 0 Å². The van der Waals surface area contributed by atoms with Crippen molar-refractivity contribution in [1.29, 1.82) is 0 Å². The van der Waals surface area contributed by atoms with E-state index in [1.807, 2.05) is 36.4 Å². The van der Waals surface area contributed by atoms with Crippen molar-refractivity contribution >= 4 is 27.5 Å². The van der Waals surface area contributed by atoms with E-state index in [2.05, 4.69) is 53.1 Å². The summed E-state index contributed by atoms with van der Waals surface area (Å²) in [6, 6.07) is 27.7. The third-order valence-corrected chi connectivity index (χ3v) is 6.45. The molecule has 0 aliphatic carbocycles. The lowest BCUT2D eigenvalue weighted by Crippen LogP contribution is -2.35. The molecule has 0 saturated carbocycles. The highest BCUT2D eigenvalue weighted by atomic mass is 16.1. The highest BCUT2D eigenvalue weighted by molar-refractivity contribution is 5.98. The summed E-state index contributed by atoms with van der Waals surface area (Å²) in [5.74, 6) is 0.0157. The lowest BCUT2D eigenvalue weighted by Gasteiger charge is -2.27. The second-order valence-corrected chi connectivity index (χ2v) is 8.52. The molecule has 0 radical (unpaired) electrons. The smallest absolute Gasteiger partial charge is 0.251 e. The highest BCUT2D eigenvalue weighted by Crippen LogP contribution is 2.27. The Labute approximate surface area is 183 Å². The van der Waals surface area contributed by atoms with E-state index < -0.39 is 0 Å². The summed E-state index contributed by atoms with van der Waals surface area (Å²) in [6.07, 6.45) is 4.32. The van der Waals surface area contributed by atoms with Crippen LogP contribution in [-0.4, -0.2) is 18.5 Å². The van der Waals surface area contributed by atoms with Gasteiger partial charge in [-0.3, -0.25) is 4.79 Å². The largest absolute Gasteiger partial charge is 0.352 e. The average Bonchev–Trinajstić information content (AvgIpc) is 2.83. The fraction of sp³-hybridized carbons (Fsp3) is 0.250. The summed E-state index contributed by atoms with van der Waals surface area (Å²) in [6.45, 7) is 1.67. The fourth-order valence-electron chi connectivity index (χ4n) is 4.72. The molecule has 3 nitrogen and oxygen atoms in total. The first-order chi connectivity index (χ1) is 15.3. The molecule has 31 heavy (non-hydrogen) atoms. The summed E-state index contributed by atoms with van der Waals surface area (Å²) in [5, 5.41) is 11.8. The van der Waals surface area contributed by atoms with Crippen molar-refractivity contribution in [2.45, 2.75) is 38.3 Å². The van der Waals surface area contributed by atoms with Gasteiger partial charge in [-0.15, -0.1) is 0 Å². The molecule has 1 aliphatic rings. The monoisotopic (exact) mass is 408 g/mol. The number of nitrogens with one attached hydrogen (secondary N) is 2. The van der Waals surface area contributed by atoms with Gasteiger partial charge >= 0.3 is 0 Å². The van der Waals surface area contributed by atoms with Crippen LogP contribution in [0.25, 0.3) is 21.5 Å². The Morgan fingerprint density at radius 1 is 0.871 bits per heavy atom. The topological polar surface area (TPSA) is 41.1 Å². The van der Waals surface area contributed by atoms with Gasteiger partial charge in [0.1, 0.15) is 0 Å². The predicted octanol–water partition coefficient (Wildman–Crippen LogP) is 5.61. The van der Waals surface area contributed by atoms with Gasteiger partial charge in [0.15, 0.2) is 0 Å². The number of fused-ring (bicyclic) bond motifs is 4. The van der Waals surface area contributed by atoms with E-state index in [4.69, 9.17) is 0 Å². The summed E-state index contributed by atoms with van der Waals surface area (Å²) in [7, 11) is 0. The molecule has 0 spiro atoms. The van der Waals surface area contributed by atoms with Crippen molar-refractivity contribution in [3.05, 3.63) is 95.6 Å². The second kappa shape index (κ2) is 8.91. The van der Waals surface area contributed by atoms with Gasteiger partial charge in [0.2, 0.25) is 0 Å². The van der Waals surface area contributed by atoms with Crippen molar-refractivity contribution in [3.8, 4) is 0 Å². The minimum atomic E-state index is 0.0157. The molecule has 1 atom stereocenters. The van der Waals surface area contributed by atoms with Crippen LogP contribution in [0.3, 0.4) is 0 Å². The lowest BCUT2D eigenvalue weighted by molar-refractivity contribution is 0.0953. The van der Waals surface area contributed by atoms with Gasteiger partial charge in [-0.25, -0.2) is 0 Å². The van der Waals surface area contributed by atoms with Gasteiger partial charge in [-0.05, 0) is 64.1 Å². The first-order valence-corrected chi connectivity index (χ1v) is 11.3. The quantitative estimate of drug-likeness (QED) is 0.407. The number of carbonyl (C=O) groups excluding carboxylic acids is 1. The third-order valence-electron chi connectivity index (χ3n) is 6.45. The Hall–Kier alpha value is -3.17. The van der Waals surface area contributed by atoms with Crippen molar-refractivity contribution < 1.29 is 4.79 Å². The highest BCUT2D eigenvalue weighted by Gasteiger charge is 2.19. The van der Waals surface area contributed by atoms with Crippen LogP contribution >= 0.6 is 0 Å². The Balaban J connectivity index is 1.11. The molecular weight excluding hydrogens is 380 g/mol. The van der Waals surface area contributed by atoms with Crippen LogP contribution in [-0.2, 0) is 13.0 Å². The number of amides is 1. The van der Waals surface area contributed by atoms with E-state index in [9.17, 15) is 4.79 Å². The molecule has 4 aromatic carbocycles. The summed E-state index contributed by atoms with van der Waals surface area (Å²) >= 11 is 0. The first kappa shape index (κ1) is 19.8. The molecule has 1 heterocycles. The van der Waals surface area contributed by atoms with Gasteiger partial charge in [0.05, 0.1) is 0 Å². The zero-order chi connectivity index (χ0) is 21.0. The molecule has 0 aromatic heterocycles. The van der Waals surface area contributed by atoms with Gasteiger partial charge in [-0.2, -0.15) is 0 Å². The van der Waals surface area contributed by atoms with E-state index in [0.717, 1.165) is 55.1 Å². The first-order valence-electron chi connectivity index (χ1n) is 11.3. The maximum absolute atomic E-state index is 12.5. The van der Waals surface area contributed by atoms with E-state index in [0.29, 0.717) is 6.04 Å². The SMILES string of the molecule is O=C(NCCCCC1Cc2c(ccc3ccccc23)CN1)c1ccc2ccccc2c1. The van der Waals surface area contributed by atoms with Crippen LogP contribution in [0.5, 0.6) is 0 Å². The normalized spacial score (nSPS) is 15.7. The molecule has 0 fully saturated rings. The fourth-order valence-corrected chi connectivity index (χ4v) is 4.72. The molecule has 1 unspecified atom stereocenters. The van der Waals surface area contributed by atoms with E-state index in [-0.39, 0.29) is 5.91 Å². The van der Waals surface area contributed by atoms with Crippen LogP contribution in [0, 0.1) is 0 Å². The molecule has 3 heteroatoms. The van der Waals surface area contributed by atoms with Crippen molar-refractivity contribution in [2.24, 2.45) is 0 Å². The van der Waals surface area contributed by atoms with Crippen molar-refractivity contribution in [2.75, 3.05) is 6.54 Å². The summed E-state index contributed by atoms with van der Waals surface area (Å²) in [4.78, 5) is 12.5. The Morgan fingerprint density at radius 3 is 2.55 bits per heavy atom. The van der Waals surface area contributed by atoms with Gasteiger partial charge < -0.3 is 10.6 Å². The Kier molecular flexibility index (Phi) is 5.68. The lowest BCUT2D eigenvalue weighted by atomic mass is 9.89. The number of rotatable bonds is 6. The molecule has 2 N–H and O–H groups in total. The molecule has 4 aromatic rings. The number of benzene rings is 4. The number of unbranched alkanes of at least 4 members (excludes halogenated alkanes) is 1. The Morgan fingerprint density at radius 2 is 1.65 bits per heavy atom. The van der Waals surface area contributed by atoms with Crippen LogP contribution < -0.4 is 10.6 Å². The second-order valence-electron chi connectivity index (χ2n) is 8.52. The Bertz CT molecular complexity index is 1230. The summed E-state index contributed by atoms with van der Waals surface area (Å²) < 4.78 is 0. The number of hydrogen-bond acceptors (Lipinski definition) is 2. The van der Waals surface area contributed by atoms with Crippen molar-refractivity contribution in [1.82, 2.24) is 10.6 Å². The molecular formula is C28H28N2O. The minimum Gasteiger partial charge on any atom is -0.352 e. The summed E-state index contributed by atoms with van der Waals surface area (Å²) in [5.41, 5.74) is 3.67. The molecule has 156 valence electrons. The molecule has 0 saturated heterocycles. The van der Waals surface area contributed by atoms with E-state index >= 15 is 0 Å². The van der Waals surface area contributed by atoms with E-state index in [1.165, 1.54) is 21.9 Å². The molecule has 1 amide bonds. The molecule has 0 bridgehead atoms. The predicted molar refractivity (Wildman–Crippen MR) is 128 cm³/mol. The van der Waals surface area contributed by atoms with Gasteiger partial charge in [-0.1, -0.05) is 73.2 Å². The zero-order valence-corrected chi connectivity index (χ0v) is 17.7. The third kappa shape index (κ3) is 4.33. The maximum Gasteiger partial charge on any atom is 0.251 e. The minimum absolute atomic E-state index is 0.0157. The van der Waals surface area contributed by atoms with Crippen molar-refractivity contribution in [3.63, 3.8) is 0 Å². The van der Waals surface area contributed by atoms with Crippen LogP contribution in [0.2, 0.25) is 0 Å². The van der Waals surface area contributed by atoms with Gasteiger partial charge in [0, 0.05) is 24.7 Å². The number of carbonyl (C=O) groups is 1. The maximum atomic E-state index is 12.5. The van der Waals surface area contributed by atoms with Crippen LogP contribution in [0.15, 0.2) is 78.9 Å². The van der Waals surface area contributed by atoms with Gasteiger partial charge in [0.25, 0.3) is 5.91 Å². The van der Waals surface area contributed by atoms with Crippen LogP contribution in [0.1, 0.15) is 40.7 Å². The molecule has 5 rings (SSSR count). The average molecular weight is 409 g/mol. The zero-order valence-electron chi connectivity index (χ0n) is 17.7.